The highest BCUT2D eigenvalue weighted by Gasteiger charge is 2.24. The molecule has 0 aliphatic heterocycles. The molecular formula is C20H27N3O4S. The first-order valence-electron chi connectivity index (χ1n) is 9.63. The molecule has 1 aliphatic rings. The van der Waals surface area contributed by atoms with Gasteiger partial charge in [-0.3, -0.25) is 4.79 Å². The smallest absolute Gasteiger partial charge is 0.277 e. The van der Waals surface area contributed by atoms with E-state index in [2.05, 4.69) is 10.2 Å². The molecule has 0 unspecified atom stereocenters. The minimum absolute atomic E-state index is 0.127. The molecule has 8 heteroatoms. The van der Waals surface area contributed by atoms with E-state index in [-0.39, 0.29) is 5.91 Å². The third-order valence-corrected chi connectivity index (χ3v) is 5.80. The van der Waals surface area contributed by atoms with Crippen LogP contribution in [0, 0.1) is 0 Å². The number of ether oxygens (including phenoxy) is 2. The van der Waals surface area contributed by atoms with E-state index in [9.17, 15) is 4.79 Å². The summed E-state index contributed by atoms with van der Waals surface area (Å²) in [5.41, 5.74) is 0.708. The molecule has 3 rings (SSSR count). The highest BCUT2D eigenvalue weighted by Crippen LogP contribution is 2.31. The van der Waals surface area contributed by atoms with Gasteiger partial charge in [0.15, 0.2) is 0 Å². The third-order valence-electron chi connectivity index (χ3n) is 5.00. The standard InChI is InChI=1S/C20H27N3O4S/c1-4-23(15-8-6-5-7-9-15)18(24)13-28-20-22-21-19(27-20)14-10-16(25-2)12-17(11-14)26-3/h10-12,15H,4-9,13H2,1-3H3. The largest absolute Gasteiger partial charge is 0.497 e. The van der Waals surface area contributed by atoms with Crippen molar-refractivity contribution in [3.05, 3.63) is 18.2 Å². The number of rotatable bonds is 8. The molecule has 1 aromatic heterocycles. The molecule has 1 amide bonds. The zero-order valence-corrected chi connectivity index (χ0v) is 17.5. The summed E-state index contributed by atoms with van der Waals surface area (Å²) in [5, 5.41) is 8.54. The van der Waals surface area contributed by atoms with Gasteiger partial charge in [-0.05, 0) is 31.9 Å². The molecule has 7 nitrogen and oxygen atoms in total. The lowest BCUT2D eigenvalue weighted by Crippen LogP contribution is -2.42. The number of aromatic nitrogens is 2. The maximum Gasteiger partial charge on any atom is 0.277 e. The lowest BCUT2D eigenvalue weighted by Gasteiger charge is -2.33. The van der Waals surface area contributed by atoms with Crippen LogP contribution in [0.2, 0.25) is 0 Å². The molecule has 0 atom stereocenters. The van der Waals surface area contributed by atoms with E-state index >= 15 is 0 Å². The van der Waals surface area contributed by atoms with E-state index in [0.717, 1.165) is 19.4 Å². The van der Waals surface area contributed by atoms with E-state index in [1.165, 1.54) is 31.0 Å². The van der Waals surface area contributed by atoms with Crippen LogP contribution in [0.1, 0.15) is 39.0 Å². The second kappa shape index (κ2) is 9.82. The SMILES string of the molecule is CCN(C(=O)CSc1nnc(-c2cc(OC)cc(OC)c2)o1)C1CCCCC1. The fourth-order valence-corrected chi connectivity index (χ4v) is 4.20. The van der Waals surface area contributed by atoms with Crippen LogP contribution < -0.4 is 9.47 Å². The first-order chi connectivity index (χ1) is 13.6. The van der Waals surface area contributed by atoms with Crippen molar-refractivity contribution in [1.29, 1.82) is 0 Å². The molecule has 28 heavy (non-hydrogen) atoms. The monoisotopic (exact) mass is 405 g/mol. The molecule has 0 radical (unpaired) electrons. The van der Waals surface area contributed by atoms with Gasteiger partial charge in [-0.1, -0.05) is 31.0 Å². The van der Waals surface area contributed by atoms with Gasteiger partial charge in [0.2, 0.25) is 11.8 Å². The molecule has 0 N–H and O–H groups in total. The van der Waals surface area contributed by atoms with Gasteiger partial charge in [-0.25, -0.2) is 0 Å². The van der Waals surface area contributed by atoms with Crippen LogP contribution in [0.4, 0.5) is 0 Å². The molecule has 1 fully saturated rings. The Morgan fingerprint density at radius 2 is 1.82 bits per heavy atom. The van der Waals surface area contributed by atoms with Crippen molar-refractivity contribution < 1.29 is 18.7 Å². The minimum Gasteiger partial charge on any atom is -0.497 e. The molecule has 0 saturated heterocycles. The van der Waals surface area contributed by atoms with Gasteiger partial charge in [0.05, 0.1) is 20.0 Å². The number of hydrogen-bond donors (Lipinski definition) is 0. The number of carbonyl (C=O) groups is 1. The quantitative estimate of drug-likeness (QED) is 0.614. The number of methoxy groups -OCH3 is 2. The zero-order chi connectivity index (χ0) is 19.9. The summed E-state index contributed by atoms with van der Waals surface area (Å²) in [6, 6.07) is 5.75. The van der Waals surface area contributed by atoms with Gasteiger partial charge in [-0.15, -0.1) is 10.2 Å². The number of carbonyl (C=O) groups excluding carboxylic acids is 1. The molecule has 0 bridgehead atoms. The number of benzene rings is 1. The van der Waals surface area contributed by atoms with Crippen molar-refractivity contribution in [2.24, 2.45) is 0 Å². The summed E-state index contributed by atoms with van der Waals surface area (Å²) in [5.74, 6) is 2.08. The second-order valence-electron chi connectivity index (χ2n) is 6.73. The Morgan fingerprint density at radius 1 is 1.14 bits per heavy atom. The number of thioether (sulfide) groups is 1. The molecule has 152 valence electrons. The van der Waals surface area contributed by atoms with Gasteiger partial charge in [-0.2, -0.15) is 0 Å². The van der Waals surface area contributed by atoms with E-state index in [1.54, 1.807) is 32.4 Å². The third kappa shape index (κ3) is 4.98. The first kappa shape index (κ1) is 20.5. The predicted octanol–water partition coefficient (Wildman–Crippen LogP) is 4.03. The topological polar surface area (TPSA) is 77.7 Å². The Hall–Kier alpha value is -2.22. The molecule has 2 aromatic rings. The van der Waals surface area contributed by atoms with Crippen molar-refractivity contribution in [2.75, 3.05) is 26.5 Å². The van der Waals surface area contributed by atoms with Crippen molar-refractivity contribution >= 4 is 17.7 Å². The average Bonchev–Trinajstić information content (AvgIpc) is 3.22. The van der Waals surface area contributed by atoms with E-state index in [1.807, 2.05) is 11.8 Å². The summed E-state index contributed by atoms with van der Waals surface area (Å²) in [4.78, 5) is 14.7. The van der Waals surface area contributed by atoms with Crippen LogP contribution in [0.3, 0.4) is 0 Å². The lowest BCUT2D eigenvalue weighted by molar-refractivity contribution is -0.131. The fraction of sp³-hybridized carbons (Fsp3) is 0.550. The summed E-state index contributed by atoms with van der Waals surface area (Å²) >= 11 is 1.28. The number of amides is 1. The van der Waals surface area contributed by atoms with Gasteiger partial charge in [0.1, 0.15) is 11.5 Å². The van der Waals surface area contributed by atoms with Crippen molar-refractivity contribution in [1.82, 2.24) is 15.1 Å². The maximum atomic E-state index is 12.7. The molecule has 1 heterocycles. The zero-order valence-electron chi connectivity index (χ0n) is 16.6. The maximum absolute atomic E-state index is 12.7. The van der Waals surface area contributed by atoms with Crippen LogP contribution in [-0.4, -0.2) is 53.6 Å². The molecule has 1 aliphatic carbocycles. The molecular weight excluding hydrogens is 378 g/mol. The minimum atomic E-state index is 0.127. The summed E-state index contributed by atoms with van der Waals surface area (Å²) in [7, 11) is 3.18. The lowest BCUT2D eigenvalue weighted by atomic mass is 9.94. The van der Waals surface area contributed by atoms with Gasteiger partial charge < -0.3 is 18.8 Å². The fourth-order valence-electron chi connectivity index (χ4n) is 3.55. The Bertz CT molecular complexity index is 767. The highest BCUT2D eigenvalue weighted by atomic mass is 32.2. The Balaban J connectivity index is 1.63. The van der Waals surface area contributed by atoms with Gasteiger partial charge in [0, 0.05) is 24.2 Å². The molecule has 1 saturated carbocycles. The van der Waals surface area contributed by atoms with Crippen LogP contribution in [0.15, 0.2) is 27.8 Å². The van der Waals surface area contributed by atoms with Crippen LogP contribution >= 0.6 is 11.8 Å². The van der Waals surface area contributed by atoms with Crippen LogP contribution in [0.5, 0.6) is 11.5 Å². The molecule has 0 spiro atoms. The normalized spacial score (nSPS) is 14.7. The van der Waals surface area contributed by atoms with Crippen molar-refractivity contribution in [3.63, 3.8) is 0 Å². The Morgan fingerprint density at radius 3 is 2.43 bits per heavy atom. The Labute approximate surface area is 169 Å². The summed E-state index contributed by atoms with van der Waals surface area (Å²) < 4.78 is 16.3. The van der Waals surface area contributed by atoms with Gasteiger partial charge in [0.25, 0.3) is 5.22 Å². The first-order valence-corrected chi connectivity index (χ1v) is 10.6. The van der Waals surface area contributed by atoms with E-state index in [0.29, 0.717) is 40.0 Å². The highest BCUT2D eigenvalue weighted by molar-refractivity contribution is 7.99. The van der Waals surface area contributed by atoms with Crippen LogP contribution in [-0.2, 0) is 4.79 Å². The van der Waals surface area contributed by atoms with Crippen molar-refractivity contribution in [3.8, 4) is 23.0 Å². The predicted molar refractivity (Wildman–Crippen MR) is 108 cm³/mol. The van der Waals surface area contributed by atoms with E-state index in [4.69, 9.17) is 13.9 Å². The summed E-state index contributed by atoms with van der Waals surface area (Å²) in [6.45, 7) is 2.78. The van der Waals surface area contributed by atoms with Gasteiger partial charge >= 0.3 is 0 Å². The van der Waals surface area contributed by atoms with E-state index < -0.39 is 0 Å². The summed E-state index contributed by atoms with van der Waals surface area (Å²) in [6.07, 6.45) is 5.90. The van der Waals surface area contributed by atoms with Crippen molar-refractivity contribution in [2.45, 2.75) is 50.3 Å². The number of hydrogen-bond acceptors (Lipinski definition) is 7. The Kier molecular flexibility index (Phi) is 7.19. The number of nitrogens with zero attached hydrogens (tertiary/aromatic N) is 3. The average molecular weight is 406 g/mol. The van der Waals surface area contributed by atoms with Crippen LogP contribution in [0.25, 0.3) is 11.5 Å². The molecule has 1 aromatic carbocycles. The second-order valence-corrected chi connectivity index (χ2v) is 7.66.